The quantitative estimate of drug-likeness (QED) is 0.739. The molecule has 1 saturated heterocycles. The maximum Gasteiger partial charge on any atom is 0.253 e. The summed E-state index contributed by atoms with van der Waals surface area (Å²) in [7, 11) is 0. The molecule has 1 aliphatic heterocycles. The predicted molar refractivity (Wildman–Crippen MR) is 108 cm³/mol. The van der Waals surface area contributed by atoms with Crippen molar-refractivity contribution in [3.63, 3.8) is 0 Å². The van der Waals surface area contributed by atoms with Gasteiger partial charge in [-0.1, -0.05) is 12.1 Å². The molecule has 4 rings (SSSR count). The van der Waals surface area contributed by atoms with Gasteiger partial charge in [0.2, 0.25) is 5.91 Å². The van der Waals surface area contributed by atoms with Gasteiger partial charge in [-0.05, 0) is 49.2 Å². The second kappa shape index (κ2) is 7.48. The van der Waals surface area contributed by atoms with Crippen LogP contribution in [0.3, 0.4) is 0 Å². The highest BCUT2D eigenvalue weighted by Crippen LogP contribution is 2.33. The maximum absolute atomic E-state index is 12.9. The first-order valence-electron chi connectivity index (χ1n) is 9.12. The number of nitrogens with zero attached hydrogens (tertiary/aromatic N) is 2. The van der Waals surface area contributed by atoms with Gasteiger partial charge in [-0.25, -0.2) is 4.98 Å². The van der Waals surface area contributed by atoms with Gasteiger partial charge in [-0.3, -0.25) is 9.59 Å². The fourth-order valence-electron chi connectivity index (χ4n) is 3.51. The summed E-state index contributed by atoms with van der Waals surface area (Å²) in [5.41, 5.74) is 2.38. The average Bonchev–Trinajstić information content (AvgIpc) is 3.12. The van der Waals surface area contributed by atoms with Crippen LogP contribution in [0.2, 0.25) is 0 Å². The van der Waals surface area contributed by atoms with E-state index >= 15 is 0 Å². The SMILES string of the molecule is CC(=O)Nc1ccc(C(=O)N2CCC[C@H](c3nc4ccccc4s3)C2)cc1. The number of nitrogens with one attached hydrogen (secondary N) is 1. The van der Waals surface area contributed by atoms with Gasteiger partial charge in [0.25, 0.3) is 5.91 Å². The van der Waals surface area contributed by atoms with E-state index in [1.165, 1.54) is 11.6 Å². The molecule has 2 amide bonds. The second-order valence-electron chi connectivity index (χ2n) is 6.87. The lowest BCUT2D eigenvalue weighted by atomic mass is 9.98. The van der Waals surface area contributed by atoms with E-state index in [-0.39, 0.29) is 11.8 Å². The Kier molecular flexibility index (Phi) is 4.90. The lowest BCUT2D eigenvalue weighted by Gasteiger charge is -2.32. The Labute approximate surface area is 162 Å². The molecule has 1 aromatic heterocycles. The number of carbonyl (C=O) groups excluding carboxylic acids is 2. The number of piperidine rings is 1. The van der Waals surface area contributed by atoms with Crippen LogP contribution in [-0.2, 0) is 4.79 Å². The third-order valence-electron chi connectivity index (χ3n) is 4.82. The molecule has 1 N–H and O–H groups in total. The second-order valence-corrected chi connectivity index (χ2v) is 7.93. The maximum atomic E-state index is 12.9. The van der Waals surface area contributed by atoms with Crippen LogP contribution in [0.5, 0.6) is 0 Å². The van der Waals surface area contributed by atoms with Crippen LogP contribution < -0.4 is 5.32 Å². The van der Waals surface area contributed by atoms with Gasteiger partial charge in [0, 0.05) is 37.2 Å². The number of para-hydroxylation sites is 1. The van der Waals surface area contributed by atoms with Gasteiger partial charge < -0.3 is 10.2 Å². The predicted octanol–water partition coefficient (Wildman–Crippen LogP) is 4.27. The van der Waals surface area contributed by atoms with Gasteiger partial charge in [0.05, 0.1) is 15.2 Å². The number of anilines is 1. The monoisotopic (exact) mass is 379 g/mol. The van der Waals surface area contributed by atoms with E-state index in [0.29, 0.717) is 23.7 Å². The number of hydrogen-bond acceptors (Lipinski definition) is 4. The number of thiazole rings is 1. The van der Waals surface area contributed by atoms with Gasteiger partial charge in [0.15, 0.2) is 0 Å². The van der Waals surface area contributed by atoms with Crippen LogP contribution >= 0.6 is 11.3 Å². The zero-order valence-electron chi connectivity index (χ0n) is 15.1. The molecule has 27 heavy (non-hydrogen) atoms. The highest BCUT2D eigenvalue weighted by atomic mass is 32.1. The fraction of sp³-hybridized carbons (Fsp3) is 0.286. The van der Waals surface area contributed by atoms with Crippen molar-refractivity contribution < 1.29 is 9.59 Å². The number of amides is 2. The molecule has 6 heteroatoms. The van der Waals surface area contributed by atoms with Crippen LogP contribution in [-0.4, -0.2) is 34.8 Å². The van der Waals surface area contributed by atoms with Crippen LogP contribution in [0.4, 0.5) is 5.69 Å². The third kappa shape index (κ3) is 3.85. The molecule has 1 atom stereocenters. The van der Waals surface area contributed by atoms with E-state index in [9.17, 15) is 9.59 Å². The molecule has 0 bridgehead atoms. The molecule has 0 unspecified atom stereocenters. The van der Waals surface area contributed by atoms with E-state index in [4.69, 9.17) is 4.98 Å². The first-order valence-corrected chi connectivity index (χ1v) is 9.94. The number of likely N-dealkylation sites (tertiary alicyclic amines) is 1. The molecule has 1 fully saturated rings. The van der Waals surface area contributed by atoms with Crippen molar-refractivity contribution in [3.05, 3.63) is 59.1 Å². The van der Waals surface area contributed by atoms with Crippen molar-refractivity contribution in [1.82, 2.24) is 9.88 Å². The van der Waals surface area contributed by atoms with Crippen molar-refractivity contribution in [2.75, 3.05) is 18.4 Å². The summed E-state index contributed by atoms with van der Waals surface area (Å²) in [6.07, 6.45) is 2.04. The molecule has 5 nitrogen and oxygen atoms in total. The summed E-state index contributed by atoms with van der Waals surface area (Å²) in [6, 6.07) is 15.3. The minimum atomic E-state index is -0.121. The summed E-state index contributed by atoms with van der Waals surface area (Å²) in [4.78, 5) is 30.7. The van der Waals surface area contributed by atoms with E-state index < -0.39 is 0 Å². The first-order chi connectivity index (χ1) is 13.1. The van der Waals surface area contributed by atoms with E-state index in [2.05, 4.69) is 11.4 Å². The van der Waals surface area contributed by atoms with Crippen molar-refractivity contribution in [3.8, 4) is 0 Å². The minimum Gasteiger partial charge on any atom is -0.338 e. The Balaban J connectivity index is 1.48. The Hall–Kier alpha value is -2.73. The average molecular weight is 379 g/mol. The molecular formula is C21H21N3O2S. The molecule has 2 heterocycles. The largest absolute Gasteiger partial charge is 0.338 e. The minimum absolute atomic E-state index is 0.0372. The number of carbonyl (C=O) groups is 2. The van der Waals surface area contributed by atoms with Crippen molar-refractivity contribution in [1.29, 1.82) is 0 Å². The van der Waals surface area contributed by atoms with Gasteiger partial charge in [0.1, 0.15) is 0 Å². The normalized spacial score (nSPS) is 17.1. The lowest BCUT2D eigenvalue weighted by molar-refractivity contribution is -0.114. The van der Waals surface area contributed by atoms with E-state index in [0.717, 1.165) is 29.9 Å². The number of rotatable bonds is 3. The first kappa shape index (κ1) is 17.7. The fourth-order valence-corrected chi connectivity index (χ4v) is 4.60. The number of benzene rings is 2. The molecule has 0 aliphatic carbocycles. The van der Waals surface area contributed by atoms with Crippen molar-refractivity contribution in [2.45, 2.75) is 25.7 Å². The molecule has 0 spiro atoms. The van der Waals surface area contributed by atoms with Crippen molar-refractivity contribution >= 4 is 39.1 Å². The smallest absolute Gasteiger partial charge is 0.253 e. The standard InChI is InChI=1S/C21H21N3O2S/c1-14(25)22-17-10-8-15(9-11-17)21(26)24-12-4-5-16(13-24)20-23-18-6-2-3-7-19(18)27-20/h2-3,6-11,16H,4-5,12-13H2,1H3,(H,22,25)/t16-/m0/s1. The van der Waals surface area contributed by atoms with E-state index in [1.54, 1.807) is 35.6 Å². The summed E-state index contributed by atoms with van der Waals surface area (Å²) in [5.74, 6) is 0.206. The molecule has 2 aromatic carbocycles. The Morgan fingerprint density at radius 1 is 1.15 bits per heavy atom. The summed E-state index contributed by atoms with van der Waals surface area (Å²) < 4.78 is 1.20. The Morgan fingerprint density at radius 2 is 1.93 bits per heavy atom. The summed E-state index contributed by atoms with van der Waals surface area (Å²) in [5, 5.41) is 3.84. The molecule has 138 valence electrons. The number of hydrogen-bond donors (Lipinski definition) is 1. The lowest BCUT2D eigenvalue weighted by Crippen LogP contribution is -2.39. The highest BCUT2D eigenvalue weighted by molar-refractivity contribution is 7.18. The third-order valence-corrected chi connectivity index (χ3v) is 6.02. The summed E-state index contributed by atoms with van der Waals surface area (Å²) in [6.45, 7) is 2.94. The topological polar surface area (TPSA) is 62.3 Å². The van der Waals surface area contributed by atoms with Crippen LogP contribution in [0, 0.1) is 0 Å². The summed E-state index contributed by atoms with van der Waals surface area (Å²) >= 11 is 1.73. The molecular weight excluding hydrogens is 358 g/mol. The number of fused-ring (bicyclic) bond motifs is 1. The van der Waals surface area contributed by atoms with E-state index in [1.807, 2.05) is 23.1 Å². The Bertz CT molecular complexity index is 948. The number of aromatic nitrogens is 1. The highest BCUT2D eigenvalue weighted by Gasteiger charge is 2.27. The Morgan fingerprint density at radius 3 is 2.67 bits per heavy atom. The van der Waals surface area contributed by atoms with Crippen molar-refractivity contribution in [2.24, 2.45) is 0 Å². The van der Waals surface area contributed by atoms with Gasteiger partial charge >= 0.3 is 0 Å². The molecule has 0 radical (unpaired) electrons. The molecule has 0 saturated carbocycles. The van der Waals surface area contributed by atoms with Crippen LogP contribution in [0.1, 0.15) is 41.0 Å². The zero-order valence-corrected chi connectivity index (χ0v) is 16.0. The molecule has 1 aliphatic rings. The van der Waals surface area contributed by atoms with Gasteiger partial charge in [-0.2, -0.15) is 0 Å². The van der Waals surface area contributed by atoms with Gasteiger partial charge in [-0.15, -0.1) is 11.3 Å². The van der Waals surface area contributed by atoms with Crippen LogP contribution in [0.15, 0.2) is 48.5 Å². The zero-order chi connectivity index (χ0) is 18.8. The van der Waals surface area contributed by atoms with Crippen LogP contribution in [0.25, 0.3) is 10.2 Å². The molecule has 3 aromatic rings.